The number of aromatic nitrogens is 1. The number of ether oxygens (including phenoxy) is 1. The summed E-state index contributed by atoms with van der Waals surface area (Å²) >= 11 is 0. The second-order valence-corrected chi connectivity index (χ2v) is 8.25. The van der Waals surface area contributed by atoms with Crippen molar-refractivity contribution < 1.29 is 14.3 Å². The number of hydrogen-bond acceptors (Lipinski definition) is 5. The first-order valence-electron chi connectivity index (χ1n) is 10.4. The summed E-state index contributed by atoms with van der Waals surface area (Å²) in [7, 11) is 0. The molecule has 0 fully saturated rings. The molecule has 0 N–H and O–H groups in total. The minimum atomic E-state index is -0.640. The van der Waals surface area contributed by atoms with Crippen LogP contribution < -0.4 is 0 Å². The Bertz CT molecular complexity index is 1010. The smallest absolute Gasteiger partial charge is 0.315 e. The number of pyridine rings is 1. The number of carbonyl (C=O) groups excluding carboxylic acids is 2. The molecule has 3 atom stereocenters. The number of Topliss-reactive ketones (excluding diaryl/α,β-unsaturated/α-hetero) is 1. The molecule has 1 unspecified atom stereocenters. The van der Waals surface area contributed by atoms with Gasteiger partial charge >= 0.3 is 5.97 Å². The van der Waals surface area contributed by atoms with E-state index < -0.39 is 11.8 Å². The minimum Gasteiger partial charge on any atom is -0.462 e. The van der Waals surface area contributed by atoms with Crippen molar-refractivity contribution in [2.75, 3.05) is 0 Å². The molecule has 30 heavy (non-hydrogen) atoms. The maximum atomic E-state index is 13.4. The molecule has 4 rings (SSSR count). The Kier molecular flexibility index (Phi) is 5.62. The van der Waals surface area contributed by atoms with Gasteiger partial charge < -0.3 is 4.74 Å². The van der Waals surface area contributed by atoms with Crippen LogP contribution in [0.5, 0.6) is 0 Å². The zero-order valence-corrected chi connectivity index (χ0v) is 17.5. The molecule has 5 heteroatoms. The van der Waals surface area contributed by atoms with Crippen LogP contribution in [0.1, 0.15) is 56.7 Å². The van der Waals surface area contributed by atoms with Gasteiger partial charge in [-0.15, -0.1) is 0 Å². The predicted octanol–water partition coefficient (Wildman–Crippen LogP) is 4.61. The minimum absolute atomic E-state index is 0.0411. The highest BCUT2D eigenvalue weighted by Gasteiger charge is 2.45. The summed E-state index contributed by atoms with van der Waals surface area (Å²) < 4.78 is 5.54. The summed E-state index contributed by atoms with van der Waals surface area (Å²) in [6.07, 6.45) is 2.54. The van der Waals surface area contributed by atoms with Crippen molar-refractivity contribution in [2.45, 2.75) is 51.6 Å². The molecule has 1 aliphatic heterocycles. The van der Waals surface area contributed by atoms with Crippen molar-refractivity contribution in [3.05, 3.63) is 77.3 Å². The highest BCUT2D eigenvalue weighted by molar-refractivity contribution is 6.09. The number of nitrogens with zero attached hydrogens (tertiary/aromatic N) is 2. The zero-order chi connectivity index (χ0) is 21.3. The molecule has 1 aromatic carbocycles. The molecule has 0 saturated carbocycles. The Morgan fingerprint density at radius 2 is 1.80 bits per heavy atom. The van der Waals surface area contributed by atoms with E-state index in [1.54, 1.807) is 6.20 Å². The highest BCUT2D eigenvalue weighted by Crippen LogP contribution is 2.46. The molecule has 154 valence electrons. The molecule has 5 nitrogen and oxygen atoms in total. The van der Waals surface area contributed by atoms with Crippen LogP contribution in [0.15, 0.2) is 71.0 Å². The quantitative estimate of drug-likeness (QED) is 0.701. The van der Waals surface area contributed by atoms with E-state index in [-0.39, 0.29) is 23.8 Å². The van der Waals surface area contributed by atoms with Gasteiger partial charge in [-0.1, -0.05) is 36.4 Å². The fourth-order valence-corrected chi connectivity index (χ4v) is 4.51. The lowest BCUT2D eigenvalue weighted by molar-refractivity contribution is -0.150. The van der Waals surface area contributed by atoms with E-state index in [0.717, 1.165) is 11.3 Å². The monoisotopic (exact) mass is 402 g/mol. The van der Waals surface area contributed by atoms with Crippen LogP contribution in [0.4, 0.5) is 0 Å². The molecule has 0 amide bonds. The van der Waals surface area contributed by atoms with Crippen LogP contribution in [-0.4, -0.2) is 28.6 Å². The average Bonchev–Trinajstić information content (AvgIpc) is 2.73. The molecule has 0 spiro atoms. The summed E-state index contributed by atoms with van der Waals surface area (Å²) in [5.41, 5.74) is 3.92. The standard InChI is InChI=1S/C25H26N2O3/c1-15(2)30-25(29)22-16(3)27-20-13-18(17-9-5-4-6-10-17)14-21(28)23(20)24(22)19-11-7-8-12-26-19/h4-12,15,18,22,24H,13-14H2,1-3H3/t18-,22?,24-/m0/s1. The number of carbonyl (C=O) groups is 2. The number of aliphatic imine (C=N–C) groups is 1. The molecule has 2 heterocycles. The largest absolute Gasteiger partial charge is 0.462 e. The van der Waals surface area contributed by atoms with E-state index in [0.29, 0.717) is 29.8 Å². The van der Waals surface area contributed by atoms with E-state index in [2.05, 4.69) is 17.1 Å². The first-order valence-corrected chi connectivity index (χ1v) is 10.4. The fourth-order valence-electron chi connectivity index (χ4n) is 4.51. The summed E-state index contributed by atoms with van der Waals surface area (Å²) in [5, 5.41) is 0. The van der Waals surface area contributed by atoms with Crippen molar-refractivity contribution in [1.29, 1.82) is 0 Å². The molecule has 1 aliphatic carbocycles. The number of rotatable bonds is 4. The number of esters is 1. The van der Waals surface area contributed by atoms with E-state index >= 15 is 0 Å². The number of allylic oxidation sites excluding steroid dienone is 2. The Labute approximate surface area is 176 Å². The van der Waals surface area contributed by atoms with Gasteiger partial charge in [0.2, 0.25) is 0 Å². The summed E-state index contributed by atoms with van der Waals surface area (Å²) in [6.45, 7) is 5.50. The number of ketones is 1. The lowest BCUT2D eigenvalue weighted by Crippen LogP contribution is -2.39. The van der Waals surface area contributed by atoms with Crippen LogP contribution in [0.2, 0.25) is 0 Å². The molecule has 1 aromatic heterocycles. The maximum Gasteiger partial charge on any atom is 0.315 e. The van der Waals surface area contributed by atoms with Gasteiger partial charge in [-0.2, -0.15) is 0 Å². The molecule has 2 aliphatic rings. The summed E-state index contributed by atoms with van der Waals surface area (Å²) in [6, 6.07) is 15.7. The first kappa shape index (κ1) is 20.2. The molecule has 0 bridgehead atoms. The number of benzene rings is 1. The highest BCUT2D eigenvalue weighted by atomic mass is 16.5. The fraction of sp³-hybridized carbons (Fsp3) is 0.360. The van der Waals surface area contributed by atoms with Gasteiger partial charge in [-0.05, 0) is 50.8 Å². The van der Waals surface area contributed by atoms with Crippen molar-refractivity contribution in [2.24, 2.45) is 10.9 Å². The topological polar surface area (TPSA) is 68.6 Å². The second-order valence-electron chi connectivity index (χ2n) is 8.25. The van der Waals surface area contributed by atoms with Crippen molar-refractivity contribution in [1.82, 2.24) is 4.98 Å². The molecular weight excluding hydrogens is 376 g/mol. The SMILES string of the molecule is CC1=NC2=C(C(=O)C[C@@H](c3ccccc3)C2)[C@@H](c2ccccn2)C1C(=O)OC(C)C. The van der Waals surface area contributed by atoms with Gasteiger partial charge in [0.1, 0.15) is 5.92 Å². The maximum absolute atomic E-state index is 13.4. The third kappa shape index (κ3) is 3.84. The van der Waals surface area contributed by atoms with Gasteiger partial charge in [0.25, 0.3) is 0 Å². The molecule has 0 radical (unpaired) electrons. The predicted molar refractivity (Wildman–Crippen MR) is 115 cm³/mol. The lowest BCUT2D eigenvalue weighted by Gasteiger charge is -2.36. The summed E-state index contributed by atoms with van der Waals surface area (Å²) in [5.74, 6) is -1.32. The van der Waals surface area contributed by atoms with Crippen LogP contribution in [0.25, 0.3) is 0 Å². The Balaban J connectivity index is 1.78. The first-order chi connectivity index (χ1) is 14.5. The zero-order valence-electron chi connectivity index (χ0n) is 17.5. The van der Waals surface area contributed by atoms with Crippen LogP contribution >= 0.6 is 0 Å². The van der Waals surface area contributed by atoms with Crippen molar-refractivity contribution in [3.63, 3.8) is 0 Å². The molecule has 2 aromatic rings. The Morgan fingerprint density at radius 3 is 2.47 bits per heavy atom. The van der Waals surface area contributed by atoms with Crippen molar-refractivity contribution in [3.8, 4) is 0 Å². The van der Waals surface area contributed by atoms with Crippen LogP contribution in [0.3, 0.4) is 0 Å². The van der Waals surface area contributed by atoms with Gasteiger partial charge in [0.15, 0.2) is 5.78 Å². The van der Waals surface area contributed by atoms with E-state index in [4.69, 9.17) is 9.73 Å². The normalized spacial score (nSPS) is 23.8. The Morgan fingerprint density at radius 1 is 1.07 bits per heavy atom. The second kappa shape index (κ2) is 8.34. The molecular formula is C25H26N2O3. The van der Waals surface area contributed by atoms with Crippen LogP contribution in [0, 0.1) is 5.92 Å². The van der Waals surface area contributed by atoms with Gasteiger partial charge in [-0.3, -0.25) is 19.6 Å². The van der Waals surface area contributed by atoms with Gasteiger partial charge in [-0.25, -0.2) is 0 Å². The van der Waals surface area contributed by atoms with Crippen molar-refractivity contribution >= 4 is 17.5 Å². The summed E-state index contributed by atoms with van der Waals surface area (Å²) in [4.78, 5) is 35.7. The van der Waals surface area contributed by atoms with Gasteiger partial charge in [0, 0.05) is 35.3 Å². The molecule has 0 saturated heterocycles. The van der Waals surface area contributed by atoms with E-state index in [1.807, 2.05) is 57.2 Å². The van der Waals surface area contributed by atoms with Gasteiger partial charge in [0.05, 0.1) is 12.0 Å². The van der Waals surface area contributed by atoms with Crippen LogP contribution in [-0.2, 0) is 14.3 Å². The average molecular weight is 402 g/mol. The number of hydrogen-bond donors (Lipinski definition) is 0. The third-order valence-electron chi connectivity index (χ3n) is 5.77. The lowest BCUT2D eigenvalue weighted by atomic mass is 9.70. The van der Waals surface area contributed by atoms with E-state index in [1.165, 1.54) is 0 Å². The Hall–Kier alpha value is -3.08. The third-order valence-corrected chi connectivity index (χ3v) is 5.77. The van der Waals surface area contributed by atoms with E-state index in [9.17, 15) is 9.59 Å².